The predicted octanol–water partition coefficient (Wildman–Crippen LogP) is 6.14. The van der Waals surface area contributed by atoms with Crippen LogP contribution in [0.3, 0.4) is 0 Å². The maximum Gasteiger partial charge on any atom is 0.315 e. The second kappa shape index (κ2) is 11.2. The summed E-state index contributed by atoms with van der Waals surface area (Å²) < 4.78 is 15.0. The van der Waals surface area contributed by atoms with Crippen LogP contribution in [0.2, 0.25) is 10.0 Å². The third-order valence-electron chi connectivity index (χ3n) is 5.48. The Kier molecular flexibility index (Phi) is 8.11. The molecule has 0 unspecified atom stereocenters. The fourth-order valence-corrected chi connectivity index (χ4v) is 5.07. The van der Waals surface area contributed by atoms with Gasteiger partial charge in [0.05, 0.1) is 17.3 Å². The summed E-state index contributed by atoms with van der Waals surface area (Å²) in [7, 11) is 0. The minimum atomic E-state index is -0.280. The summed E-state index contributed by atoms with van der Waals surface area (Å²) in [6, 6.07) is 11.4. The van der Waals surface area contributed by atoms with Crippen molar-refractivity contribution in [2.45, 2.75) is 55.6 Å². The van der Waals surface area contributed by atoms with Gasteiger partial charge in [0.15, 0.2) is 11.0 Å². The highest BCUT2D eigenvalue weighted by Gasteiger charge is 2.19. The molecule has 0 aliphatic heterocycles. The van der Waals surface area contributed by atoms with Crippen molar-refractivity contribution >= 4 is 41.0 Å². The maximum absolute atomic E-state index is 13.2. The molecule has 1 aromatic heterocycles. The van der Waals surface area contributed by atoms with E-state index in [1.54, 1.807) is 34.9 Å². The number of hydrogen-bond donors (Lipinski definition) is 2. The SMILES string of the molecule is O=C(NCc1nnc(SCc2ccc(F)cc2)n1-c1cc(Cl)ccc1Cl)NC1CCCCC1. The monoisotopic (exact) mass is 507 g/mol. The number of urea groups is 1. The Morgan fingerprint density at radius 1 is 1.09 bits per heavy atom. The standard InChI is InChI=1S/C23H24Cl2FN5OS/c24-16-8-11-19(25)20(12-16)31-21(13-27-22(32)28-18-4-2-1-3-5-18)29-30-23(31)33-14-15-6-9-17(26)10-7-15/h6-12,18H,1-5,13-14H2,(H2,27,28,32). The molecule has 0 radical (unpaired) electrons. The number of benzene rings is 2. The number of rotatable bonds is 7. The molecular formula is C23H24Cl2FN5OS. The molecule has 33 heavy (non-hydrogen) atoms. The summed E-state index contributed by atoms with van der Waals surface area (Å²) in [5.41, 5.74) is 1.57. The van der Waals surface area contributed by atoms with Crippen LogP contribution in [-0.4, -0.2) is 26.8 Å². The lowest BCUT2D eigenvalue weighted by Crippen LogP contribution is -2.42. The molecule has 1 heterocycles. The van der Waals surface area contributed by atoms with Crippen LogP contribution in [0.4, 0.5) is 9.18 Å². The van der Waals surface area contributed by atoms with Crippen molar-refractivity contribution in [1.82, 2.24) is 25.4 Å². The number of thioether (sulfide) groups is 1. The van der Waals surface area contributed by atoms with Crippen LogP contribution in [0, 0.1) is 5.82 Å². The van der Waals surface area contributed by atoms with Crippen molar-refractivity contribution in [2.75, 3.05) is 0 Å². The van der Waals surface area contributed by atoms with Crippen molar-refractivity contribution in [1.29, 1.82) is 0 Å². The quantitative estimate of drug-likeness (QED) is 0.377. The van der Waals surface area contributed by atoms with Crippen LogP contribution in [0.5, 0.6) is 0 Å². The Balaban J connectivity index is 1.52. The summed E-state index contributed by atoms with van der Waals surface area (Å²) in [6.07, 6.45) is 5.52. The van der Waals surface area contributed by atoms with E-state index >= 15 is 0 Å². The molecule has 174 valence electrons. The van der Waals surface area contributed by atoms with Gasteiger partial charge in [0, 0.05) is 16.8 Å². The largest absolute Gasteiger partial charge is 0.335 e. The molecule has 0 bridgehead atoms. The number of nitrogens with zero attached hydrogens (tertiary/aromatic N) is 3. The third-order valence-corrected chi connectivity index (χ3v) is 7.03. The molecule has 1 aliphatic rings. The van der Waals surface area contributed by atoms with Gasteiger partial charge in [-0.2, -0.15) is 0 Å². The van der Waals surface area contributed by atoms with Gasteiger partial charge in [-0.1, -0.05) is 66.4 Å². The van der Waals surface area contributed by atoms with Gasteiger partial charge < -0.3 is 10.6 Å². The molecule has 0 atom stereocenters. The number of aromatic nitrogens is 3. The zero-order chi connectivity index (χ0) is 23.2. The zero-order valence-corrected chi connectivity index (χ0v) is 20.2. The van der Waals surface area contributed by atoms with E-state index in [0.717, 1.165) is 31.2 Å². The minimum absolute atomic E-state index is 0.172. The fraction of sp³-hybridized carbons (Fsp3) is 0.348. The van der Waals surface area contributed by atoms with Gasteiger partial charge in [-0.15, -0.1) is 10.2 Å². The summed E-state index contributed by atoms with van der Waals surface area (Å²) in [5.74, 6) is 0.809. The molecule has 3 aromatic rings. The van der Waals surface area contributed by atoms with Crippen LogP contribution in [0.15, 0.2) is 47.6 Å². The van der Waals surface area contributed by atoms with Gasteiger partial charge in [-0.3, -0.25) is 4.57 Å². The van der Waals surface area contributed by atoms with E-state index in [1.807, 2.05) is 0 Å². The summed E-state index contributed by atoms with van der Waals surface area (Å²) in [4.78, 5) is 12.4. The highest BCUT2D eigenvalue weighted by molar-refractivity contribution is 7.98. The Bertz CT molecular complexity index is 1100. The van der Waals surface area contributed by atoms with Gasteiger partial charge in [0.2, 0.25) is 0 Å². The Labute approximate surface area is 206 Å². The van der Waals surface area contributed by atoms with Crippen molar-refractivity contribution in [3.63, 3.8) is 0 Å². The lowest BCUT2D eigenvalue weighted by atomic mass is 9.96. The van der Waals surface area contributed by atoms with E-state index in [0.29, 0.717) is 32.5 Å². The second-order valence-electron chi connectivity index (χ2n) is 7.91. The molecule has 1 aliphatic carbocycles. The summed E-state index contributed by atoms with van der Waals surface area (Å²) in [6.45, 7) is 0.172. The number of halogens is 3. The fourth-order valence-electron chi connectivity index (χ4n) is 3.78. The lowest BCUT2D eigenvalue weighted by molar-refractivity contribution is 0.232. The minimum Gasteiger partial charge on any atom is -0.335 e. The lowest BCUT2D eigenvalue weighted by Gasteiger charge is -2.22. The van der Waals surface area contributed by atoms with Crippen LogP contribution in [0.25, 0.3) is 5.69 Å². The zero-order valence-electron chi connectivity index (χ0n) is 17.9. The van der Waals surface area contributed by atoms with Gasteiger partial charge in [0.25, 0.3) is 0 Å². The number of hydrogen-bond acceptors (Lipinski definition) is 4. The molecule has 2 aromatic carbocycles. The Morgan fingerprint density at radius 3 is 2.61 bits per heavy atom. The first-order valence-electron chi connectivity index (χ1n) is 10.8. The van der Waals surface area contributed by atoms with Gasteiger partial charge in [0.1, 0.15) is 5.82 Å². The van der Waals surface area contributed by atoms with Crippen LogP contribution in [-0.2, 0) is 12.3 Å². The van der Waals surface area contributed by atoms with Crippen molar-refractivity contribution in [3.05, 3.63) is 69.7 Å². The second-order valence-corrected chi connectivity index (χ2v) is 9.69. The maximum atomic E-state index is 13.2. The topological polar surface area (TPSA) is 71.8 Å². The molecule has 2 N–H and O–H groups in total. The number of amides is 2. The molecule has 4 rings (SSSR count). The highest BCUT2D eigenvalue weighted by Crippen LogP contribution is 2.31. The normalized spacial score (nSPS) is 14.3. The molecule has 1 fully saturated rings. The van der Waals surface area contributed by atoms with E-state index in [-0.39, 0.29) is 24.4 Å². The van der Waals surface area contributed by atoms with Crippen LogP contribution < -0.4 is 10.6 Å². The van der Waals surface area contributed by atoms with Gasteiger partial charge >= 0.3 is 6.03 Å². The average Bonchev–Trinajstić information content (AvgIpc) is 3.22. The van der Waals surface area contributed by atoms with E-state index in [9.17, 15) is 9.18 Å². The summed E-state index contributed by atoms with van der Waals surface area (Å²) >= 11 is 14.1. The Hall–Kier alpha value is -2.29. The van der Waals surface area contributed by atoms with E-state index in [1.165, 1.54) is 30.3 Å². The van der Waals surface area contributed by atoms with E-state index < -0.39 is 0 Å². The molecule has 1 saturated carbocycles. The van der Waals surface area contributed by atoms with Gasteiger partial charge in [-0.05, 0) is 48.7 Å². The smallest absolute Gasteiger partial charge is 0.315 e. The van der Waals surface area contributed by atoms with Crippen LogP contribution in [0.1, 0.15) is 43.5 Å². The molecule has 6 nitrogen and oxygen atoms in total. The molecule has 10 heteroatoms. The number of nitrogens with one attached hydrogen (secondary N) is 2. The van der Waals surface area contributed by atoms with Crippen LogP contribution >= 0.6 is 35.0 Å². The molecule has 0 saturated heterocycles. The summed E-state index contributed by atoms with van der Waals surface area (Å²) in [5, 5.41) is 16.1. The number of carbonyl (C=O) groups excluding carboxylic acids is 1. The Morgan fingerprint density at radius 2 is 1.85 bits per heavy atom. The first-order chi connectivity index (χ1) is 16.0. The molecule has 2 amide bonds. The first kappa shape index (κ1) is 23.9. The van der Waals surface area contributed by atoms with Crippen molar-refractivity contribution in [3.8, 4) is 5.69 Å². The number of carbonyl (C=O) groups is 1. The third kappa shape index (κ3) is 6.40. The van der Waals surface area contributed by atoms with Crippen molar-refractivity contribution < 1.29 is 9.18 Å². The predicted molar refractivity (Wildman–Crippen MR) is 130 cm³/mol. The highest BCUT2D eigenvalue weighted by atomic mass is 35.5. The van der Waals surface area contributed by atoms with E-state index in [2.05, 4.69) is 20.8 Å². The molecular weight excluding hydrogens is 484 g/mol. The first-order valence-corrected chi connectivity index (χ1v) is 12.5. The molecule has 0 spiro atoms. The average molecular weight is 508 g/mol. The van der Waals surface area contributed by atoms with Gasteiger partial charge in [-0.25, -0.2) is 9.18 Å². The van der Waals surface area contributed by atoms with E-state index in [4.69, 9.17) is 23.2 Å². The van der Waals surface area contributed by atoms with Crippen molar-refractivity contribution in [2.24, 2.45) is 0 Å².